The third-order valence-electron chi connectivity index (χ3n) is 4.35. The van der Waals surface area contributed by atoms with Gasteiger partial charge in [-0.1, -0.05) is 37.5 Å². The lowest BCUT2D eigenvalue weighted by molar-refractivity contribution is 0.410. The number of nitrogens with one attached hydrogen (secondary N) is 2. The lowest BCUT2D eigenvalue weighted by atomic mass is 9.96. The molecular weight excluding hydrogens is 451 g/mol. The minimum Gasteiger partial charge on any atom is -0.354 e. The van der Waals surface area contributed by atoms with E-state index in [1.807, 2.05) is 12.1 Å². The summed E-state index contributed by atoms with van der Waals surface area (Å²) in [4.78, 5) is 4.59. The zero-order valence-electron chi connectivity index (χ0n) is 15.2. The number of hydrogen-bond acceptors (Lipinski definition) is 3. The van der Waals surface area contributed by atoms with Crippen molar-refractivity contribution in [3.63, 3.8) is 0 Å². The van der Waals surface area contributed by atoms with E-state index in [0.29, 0.717) is 17.5 Å². The second-order valence-corrected chi connectivity index (χ2v) is 8.42. The van der Waals surface area contributed by atoms with E-state index in [9.17, 15) is 8.42 Å². The molecule has 1 aromatic carbocycles. The standard InChI is InChI=1S/C17H28N4O2S.HI/c1-18-17(20-15-10-5-4-6-11-15)19-13-14-9-7-8-12-16(14)24(22,23)21(2)3;/h7-9,12,15H,4-6,10-11,13H2,1-3H3,(H2,18,19,20);1H. The van der Waals surface area contributed by atoms with Gasteiger partial charge in [-0.25, -0.2) is 12.7 Å². The first kappa shape index (κ1) is 22.2. The average Bonchev–Trinajstić information content (AvgIpc) is 2.59. The van der Waals surface area contributed by atoms with Crippen molar-refractivity contribution in [3.8, 4) is 0 Å². The van der Waals surface area contributed by atoms with E-state index in [4.69, 9.17) is 0 Å². The zero-order chi connectivity index (χ0) is 17.6. The van der Waals surface area contributed by atoms with Crippen LogP contribution in [0.4, 0.5) is 0 Å². The molecule has 8 heteroatoms. The first-order chi connectivity index (χ1) is 11.4. The van der Waals surface area contributed by atoms with E-state index in [2.05, 4.69) is 15.6 Å². The van der Waals surface area contributed by atoms with Crippen LogP contribution in [0.3, 0.4) is 0 Å². The fourth-order valence-electron chi connectivity index (χ4n) is 2.91. The summed E-state index contributed by atoms with van der Waals surface area (Å²) < 4.78 is 26.1. The van der Waals surface area contributed by atoms with Crippen LogP contribution in [-0.2, 0) is 16.6 Å². The Kier molecular flexibility index (Phi) is 9.15. The van der Waals surface area contributed by atoms with E-state index in [1.165, 1.54) is 23.6 Å². The molecule has 6 nitrogen and oxygen atoms in total. The van der Waals surface area contributed by atoms with Gasteiger partial charge in [-0.3, -0.25) is 4.99 Å². The van der Waals surface area contributed by atoms with Gasteiger partial charge < -0.3 is 10.6 Å². The zero-order valence-corrected chi connectivity index (χ0v) is 18.3. The maximum Gasteiger partial charge on any atom is 0.242 e. The van der Waals surface area contributed by atoms with Crippen molar-refractivity contribution in [1.82, 2.24) is 14.9 Å². The van der Waals surface area contributed by atoms with Gasteiger partial charge in [0.25, 0.3) is 0 Å². The highest BCUT2D eigenvalue weighted by atomic mass is 127. The second kappa shape index (κ2) is 10.3. The molecule has 0 radical (unpaired) electrons. The van der Waals surface area contributed by atoms with Gasteiger partial charge in [-0.15, -0.1) is 24.0 Å². The summed E-state index contributed by atoms with van der Waals surface area (Å²) in [5.74, 6) is 0.721. The van der Waals surface area contributed by atoms with Gasteiger partial charge in [0.2, 0.25) is 10.0 Å². The molecule has 0 spiro atoms. The van der Waals surface area contributed by atoms with Crippen LogP contribution in [0.15, 0.2) is 34.2 Å². The molecule has 2 N–H and O–H groups in total. The fraction of sp³-hybridized carbons (Fsp3) is 0.588. The van der Waals surface area contributed by atoms with E-state index < -0.39 is 10.0 Å². The van der Waals surface area contributed by atoms with Gasteiger partial charge in [0.1, 0.15) is 0 Å². The average molecular weight is 480 g/mol. The van der Waals surface area contributed by atoms with E-state index in [0.717, 1.165) is 24.4 Å². The Balaban J connectivity index is 0.00000312. The van der Waals surface area contributed by atoms with Gasteiger partial charge in [0, 0.05) is 33.7 Å². The lowest BCUT2D eigenvalue weighted by Gasteiger charge is -2.25. The monoisotopic (exact) mass is 480 g/mol. The maximum absolute atomic E-state index is 12.4. The third kappa shape index (κ3) is 6.10. The molecule has 2 rings (SSSR count). The molecule has 0 aromatic heterocycles. The smallest absolute Gasteiger partial charge is 0.242 e. The second-order valence-electron chi connectivity index (χ2n) is 6.30. The molecular formula is C17H29IN4O2S. The molecule has 0 bridgehead atoms. The van der Waals surface area contributed by atoms with Crippen LogP contribution in [0.1, 0.15) is 37.7 Å². The number of rotatable bonds is 5. The largest absolute Gasteiger partial charge is 0.354 e. The molecule has 1 saturated carbocycles. The highest BCUT2D eigenvalue weighted by Crippen LogP contribution is 2.19. The molecule has 25 heavy (non-hydrogen) atoms. The first-order valence-corrected chi connectivity index (χ1v) is 9.86. The Morgan fingerprint density at radius 3 is 2.44 bits per heavy atom. The summed E-state index contributed by atoms with van der Waals surface area (Å²) >= 11 is 0. The van der Waals surface area contributed by atoms with Gasteiger partial charge >= 0.3 is 0 Å². The van der Waals surface area contributed by atoms with Crippen LogP contribution in [0.5, 0.6) is 0 Å². The van der Waals surface area contributed by atoms with Gasteiger partial charge in [0.05, 0.1) is 4.90 Å². The number of halogens is 1. The summed E-state index contributed by atoms with van der Waals surface area (Å²) in [6.45, 7) is 0.412. The molecule has 0 unspecified atom stereocenters. The summed E-state index contributed by atoms with van der Waals surface area (Å²) in [5.41, 5.74) is 0.734. The molecule has 1 aliphatic carbocycles. The Hall–Kier alpha value is -0.870. The van der Waals surface area contributed by atoms with Crippen molar-refractivity contribution in [2.45, 2.75) is 49.6 Å². The van der Waals surface area contributed by atoms with Crippen LogP contribution in [-0.4, -0.2) is 45.9 Å². The van der Waals surface area contributed by atoms with Crippen molar-refractivity contribution < 1.29 is 8.42 Å². The predicted octanol–water partition coefficient (Wildman–Crippen LogP) is 2.55. The first-order valence-electron chi connectivity index (χ1n) is 8.42. The molecule has 0 aliphatic heterocycles. The Bertz CT molecular complexity index is 671. The van der Waals surface area contributed by atoms with Crippen molar-refractivity contribution in [2.75, 3.05) is 21.1 Å². The van der Waals surface area contributed by atoms with Gasteiger partial charge in [0.15, 0.2) is 5.96 Å². The number of hydrogen-bond donors (Lipinski definition) is 2. The minimum atomic E-state index is -3.46. The quantitative estimate of drug-likeness (QED) is 0.386. The molecule has 1 aliphatic rings. The summed E-state index contributed by atoms with van der Waals surface area (Å²) in [6.07, 6.45) is 6.12. The third-order valence-corrected chi connectivity index (χ3v) is 6.26. The number of guanidine groups is 1. The lowest BCUT2D eigenvalue weighted by Crippen LogP contribution is -2.44. The minimum absolute atomic E-state index is 0. The fourth-order valence-corrected chi connectivity index (χ4v) is 4.03. The van der Waals surface area contributed by atoms with Gasteiger partial charge in [-0.05, 0) is 24.5 Å². The Labute approximate surface area is 168 Å². The van der Waals surface area contributed by atoms with Crippen LogP contribution < -0.4 is 10.6 Å². The Morgan fingerprint density at radius 2 is 1.84 bits per heavy atom. The molecule has 1 fully saturated rings. The predicted molar refractivity (Wildman–Crippen MR) is 113 cm³/mol. The molecule has 0 amide bonds. The summed E-state index contributed by atoms with van der Waals surface area (Å²) in [5, 5.41) is 6.68. The van der Waals surface area contributed by atoms with Crippen molar-refractivity contribution in [3.05, 3.63) is 29.8 Å². The van der Waals surface area contributed by atoms with Gasteiger partial charge in [-0.2, -0.15) is 0 Å². The van der Waals surface area contributed by atoms with Crippen LogP contribution >= 0.6 is 24.0 Å². The number of nitrogens with zero attached hydrogens (tertiary/aromatic N) is 2. The highest BCUT2D eigenvalue weighted by molar-refractivity contribution is 14.0. The van der Waals surface area contributed by atoms with Crippen LogP contribution in [0, 0.1) is 0 Å². The van der Waals surface area contributed by atoms with Crippen molar-refractivity contribution in [2.24, 2.45) is 4.99 Å². The molecule has 142 valence electrons. The number of benzene rings is 1. The topological polar surface area (TPSA) is 73.8 Å². The molecule has 0 heterocycles. The van der Waals surface area contributed by atoms with Crippen LogP contribution in [0.2, 0.25) is 0 Å². The summed E-state index contributed by atoms with van der Waals surface area (Å²) in [7, 11) is 1.37. The number of sulfonamides is 1. The van der Waals surface area contributed by atoms with E-state index >= 15 is 0 Å². The molecule has 1 aromatic rings. The Morgan fingerprint density at radius 1 is 1.20 bits per heavy atom. The van der Waals surface area contributed by atoms with Crippen molar-refractivity contribution >= 4 is 40.0 Å². The maximum atomic E-state index is 12.4. The van der Waals surface area contributed by atoms with E-state index in [-0.39, 0.29) is 24.0 Å². The van der Waals surface area contributed by atoms with Crippen molar-refractivity contribution in [1.29, 1.82) is 0 Å². The SMILES string of the molecule is CN=C(NCc1ccccc1S(=O)(=O)N(C)C)NC1CCCCC1.I. The highest BCUT2D eigenvalue weighted by Gasteiger charge is 2.21. The number of aliphatic imine (C=N–C) groups is 1. The molecule has 0 atom stereocenters. The summed E-state index contributed by atoms with van der Waals surface area (Å²) in [6, 6.07) is 7.52. The normalized spacial score (nSPS) is 16.4. The molecule has 0 saturated heterocycles. The van der Waals surface area contributed by atoms with E-state index in [1.54, 1.807) is 33.3 Å². The van der Waals surface area contributed by atoms with Crippen LogP contribution in [0.25, 0.3) is 0 Å².